The summed E-state index contributed by atoms with van der Waals surface area (Å²) in [4.78, 5) is 48.4. The van der Waals surface area contributed by atoms with Gasteiger partial charge in [0.2, 0.25) is 0 Å². The fourth-order valence-corrected chi connectivity index (χ4v) is 7.42. The summed E-state index contributed by atoms with van der Waals surface area (Å²) in [5, 5.41) is 9.78. The molecule has 0 fully saturated rings. The van der Waals surface area contributed by atoms with E-state index in [1.165, 1.54) is 0 Å². The Kier molecular flexibility index (Phi) is 48.7. The van der Waals surface area contributed by atoms with E-state index < -0.39 is 57.8 Å². The molecule has 0 amide bonds. The van der Waals surface area contributed by atoms with E-state index in [1.54, 1.807) is 0 Å². The fraction of sp³-hybridized carbons (Fsp3) is 0.638. The molecule has 3 atom stereocenters. The van der Waals surface area contributed by atoms with E-state index in [0.29, 0.717) is 19.3 Å². The zero-order valence-corrected chi connectivity index (χ0v) is 44.6. The third kappa shape index (κ3) is 49.1. The molecule has 70 heavy (non-hydrogen) atoms. The number of esters is 3. The average molecular weight is 999 g/mol. The number of hydrogen-bond acceptors (Lipinski definition) is 10. The molecule has 398 valence electrons. The van der Waals surface area contributed by atoms with Crippen LogP contribution in [0, 0.1) is 0 Å². The van der Waals surface area contributed by atoms with Crippen LogP contribution < -0.4 is 0 Å². The van der Waals surface area contributed by atoms with Crippen molar-refractivity contribution in [3.05, 3.63) is 109 Å². The van der Waals surface area contributed by atoms with Crippen LogP contribution in [0.1, 0.15) is 201 Å². The maximum atomic E-state index is 12.9. The summed E-state index contributed by atoms with van der Waals surface area (Å²) in [5.74, 6) is -1.56. The Hall–Kier alpha value is -3.86. The third-order valence-electron chi connectivity index (χ3n) is 10.6. The number of rotatable bonds is 48. The molecule has 0 aliphatic rings. The number of carbonyl (C=O) groups is 3. The summed E-state index contributed by atoms with van der Waals surface area (Å²) in [5.41, 5.74) is 0. The molecular formula is C58H95O11P. The van der Waals surface area contributed by atoms with Crippen LogP contribution >= 0.6 is 7.82 Å². The number of aliphatic hydroxyl groups is 1. The molecule has 12 heteroatoms. The standard InChI is InChI=1S/C58H95O11P/c1-4-7-10-13-16-19-22-25-26-27-28-31-32-35-38-41-44-47-56(60)65-51-55(69-58(62)49-46-43-40-37-34-30-24-21-18-15-12-9-6-3)53-67-70(63,64)66-52-54(50-59)68-57(61)48-45-42-39-36-33-29-23-20-17-14-11-8-5-2/h7,9-12,14,16,18-21,23,25-26,28,30-31,34,54-55,59H,4-6,8,13,15,17,22,24,27,29,32-33,35-53H2,1-3H3,(H,63,64)/b10-7-,12-9-,14-11-,19-16-,21-18-,23-20-,26-25-,31-28-,34-30-. The van der Waals surface area contributed by atoms with Gasteiger partial charge in [-0.15, -0.1) is 0 Å². The minimum absolute atomic E-state index is 0.120. The van der Waals surface area contributed by atoms with Gasteiger partial charge in [-0.3, -0.25) is 23.4 Å². The topological polar surface area (TPSA) is 155 Å². The Morgan fingerprint density at radius 3 is 1.16 bits per heavy atom. The molecule has 0 aromatic rings. The smallest absolute Gasteiger partial charge is 0.462 e. The van der Waals surface area contributed by atoms with E-state index in [9.17, 15) is 28.9 Å². The number of phosphoric ester groups is 1. The molecule has 2 N–H and O–H groups in total. The van der Waals surface area contributed by atoms with Crippen LogP contribution in [0.15, 0.2) is 109 Å². The minimum Gasteiger partial charge on any atom is -0.462 e. The molecule has 0 aliphatic carbocycles. The molecule has 0 radical (unpaired) electrons. The molecule has 11 nitrogen and oxygen atoms in total. The maximum Gasteiger partial charge on any atom is 0.472 e. The van der Waals surface area contributed by atoms with E-state index in [4.69, 9.17) is 23.3 Å². The highest BCUT2D eigenvalue weighted by atomic mass is 31.2. The van der Waals surface area contributed by atoms with Crippen LogP contribution in [0.2, 0.25) is 0 Å². The number of phosphoric acid groups is 1. The molecule has 0 bridgehead atoms. The lowest BCUT2D eigenvalue weighted by Gasteiger charge is -2.21. The van der Waals surface area contributed by atoms with Gasteiger partial charge in [-0.25, -0.2) is 4.57 Å². The lowest BCUT2D eigenvalue weighted by atomic mass is 10.1. The molecule has 0 aromatic carbocycles. The second-order valence-electron chi connectivity index (χ2n) is 17.3. The lowest BCUT2D eigenvalue weighted by Crippen LogP contribution is -2.30. The normalized spacial score (nSPS) is 14.3. The second kappa shape index (κ2) is 51.5. The second-order valence-corrected chi connectivity index (χ2v) is 18.7. The molecule has 0 spiro atoms. The molecule has 0 saturated heterocycles. The summed E-state index contributed by atoms with van der Waals surface area (Å²) < 4.78 is 39.3. The maximum absolute atomic E-state index is 12.9. The predicted molar refractivity (Wildman–Crippen MR) is 288 cm³/mol. The summed E-state index contributed by atoms with van der Waals surface area (Å²) in [6.07, 6.45) is 60.6. The van der Waals surface area contributed by atoms with Crippen LogP contribution in [-0.2, 0) is 42.2 Å². The molecule has 0 aromatic heterocycles. The Balaban J connectivity index is 4.83. The highest BCUT2D eigenvalue weighted by molar-refractivity contribution is 7.47. The first-order chi connectivity index (χ1) is 34.2. The van der Waals surface area contributed by atoms with Gasteiger partial charge in [0, 0.05) is 19.3 Å². The van der Waals surface area contributed by atoms with Crippen molar-refractivity contribution in [3.8, 4) is 0 Å². The van der Waals surface area contributed by atoms with Gasteiger partial charge >= 0.3 is 25.7 Å². The third-order valence-corrected chi connectivity index (χ3v) is 11.6. The first-order valence-corrected chi connectivity index (χ1v) is 28.3. The summed E-state index contributed by atoms with van der Waals surface area (Å²) >= 11 is 0. The number of carbonyl (C=O) groups excluding carboxylic acids is 3. The zero-order valence-electron chi connectivity index (χ0n) is 43.7. The Labute approximate surface area is 425 Å². The first-order valence-electron chi connectivity index (χ1n) is 26.8. The monoisotopic (exact) mass is 999 g/mol. The predicted octanol–water partition coefficient (Wildman–Crippen LogP) is 15.5. The van der Waals surface area contributed by atoms with Crippen molar-refractivity contribution in [1.29, 1.82) is 0 Å². The van der Waals surface area contributed by atoms with Gasteiger partial charge in [0.15, 0.2) is 6.10 Å². The molecular weight excluding hydrogens is 904 g/mol. The number of aliphatic hydroxyl groups excluding tert-OH is 1. The lowest BCUT2D eigenvalue weighted by molar-refractivity contribution is -0.161. The average Bonchev–Trinajstić information content (AvgIpc) is 3.35. The van der Waals surface area contributed by atoms with Crippen LogP contribution in [-0.4, -0.2) is 66.5 Å². The van der Waals surface area contributed by atoms with Gasteiger partial charge in [-0.1, -0.05) is 175 Å². The van der Waals surface area contributed by atoms with Crippen molar-refractivity contribution >= 4 is 25.7 Å². The molecule has 0 rings (SSSR count). The van der Waals surface area contributed by atoms with E-state index in [1.807, 2.05) is 0 Å². The Morgan fingerprint density at radius 2 is 0.743 bits per heavy atom. The van der Waals surface area contributed by atoms with Crippen molar-refractivity contribution in [3.63, 3.8) is 0 Å². The Morgan fingerprint density at radius 1 is 0.414 bits per heavy atom. The van der Waals surface area contributed by atoms with Crippen molar-refractivity contribution in [1.82, 2.24) is 0 Å². The number of hydrogen-bond donors (Lipinski definition) is 2. The SMILES string of the molecule is CC/C=C\C/C=C\C/C=C\C/C=C\CCCCCCC(=O)OCC(COP(=O)(O)OCC(CO)OC(=O)CCCCCCC/C=C\C/C=C\CCC)OC(=O)CCCCC/C=C\C/C=C\C/C=C\CC. The van der Waals surface area contributed by atoms with Gasteiger partial charge < -0.3 is 24.2 Å². The van der Waals surface area contributed by atoms with Crippen LogP contribution in [0.5, 0.6) is 0 Å². The van der Waals surface area contributed by atoms with Crippen molar-refractivity contribution in [2.45, 2.75) is 213 Å². The van der Waals surface area contributed by atoms with Gasteiger partial charge in [-0.05, 0) is 116 Å². The minimum atomic E-state index is -4.77. The highest BCUT2D eigenvalue weighted by Gasteiger charge is 2.28. The van der Waals surface area contributed by atoms with Crippen molar-refractivity contribution < 1.29 is 52.2 Å². The zero-order chi connectivity index (χ0) is 51.3. The van der Waals surface area contributed by atoms with Gasteiger partial charge in [0.1, 0.15) is 12.7 Å². The highest BCUT2D eigenvalue weighted by Crippen LogP contribution is 2.43. The number of allylic oxidation sites excluding steroid dienone is 18. The fourth-order valence-electron chi connectivity index (χ4n) is 6.63. The molecule has 0 saturated carbocycles. The van der Waals surface area contributed by atoms with E-state index in [-0.39, 0.29) is 25.9 Å². The Bertz CT molecular complexity index is 1590. The van der Waals surface area contributed by atoms with E-state index in [2.05, 4.69) is 130 Å². The summed E-state index contributed by atoms with van der Waals surface area (Å²) in [7, 11) is -4.77. The largest absolute Gasteiger partial charge is 0.472 e. The van der Waals surface area contributed by atoms with Crippen molar-refractivity contribution in [2.75, 3.05) is 26.4 Å². The molecule has 0 aliphatic heterocycles. The van der Waals surface area contributed by atoms with Crippen LogP contribution in [0.4, 0.5) is 0 Å². The van der Waals surface area contributed by atoms with E-state index >= 15 is 0 Å². The molecule has 3 unspecified atom stereocenters. The number of ether oxygens (including phenoxy) is 3. The number of unbranched alkanes of at least 4 members (excludes halogenated alkanes) is 13. The van der Waals surface area contributed by atoms with E-state index in [0.717, 1.165) is 141 Å². The van der Waals surface area contributed by atoms with Gasteiger partial charge in [-0.2, -0.15) is 0 Å². The van der Waals surface area contributed by atoms with Crippen LogP contribution in [0.25, 0.3) is 0 Å². The summed E-state index contributed by atoms with van der Waals surface area (Å²) in [6, 6.07) is 0. The molecule has 0 heterocycles. The van der Waals surface area contributed by atoms with Gasteiger partial charge in [0.25, 0.3) is 0 Å². The van der Waals surface area contributed by atoms with Crippen LogP contribution in [0.3, 0.4) is 0 Å². The first kappa shape index (κ1) is 66.1. The van der Waals surface area contributed by atoms with Crippen molar-refractivity contribution in [2.24, 2.45) is 0 Å². The van der Waals surface area contributed by atoms with Gasteiger partial charge in [0.05, 0.1) is 19.8 Å². The summed E-state index contributed by atoms with van der Waals surface area (Å²) in [6.45, 7) is 4.24. The quantitative estimate of drug-likeness (QED) is 0.0197.